The van der Waals surface area contributed by atoms with Crippen molar-refractivity contribution < 1.29 is 4.92 Å². The van der Waals surface area contributed by atoms with Crippen LogP contribution >= 0.6 is 0 Å². The van der Waals surface area contributed by atoms with Gasteiger partial charge in [-0.05, 0) is 18.9 Å². The number of rotatable bonds is 3. The molecule has 0 saturated heterocycles. The number of nitrogens with zero attached hydrogens (tertiary/aromatic N) is 1. The van der Waals surface area contributed by atoms with Crippen molar-refractivity contribution in [3.63, 3.8) is 0 Å². The molecule has 3 nitrogen and oxygen atoms in total. The van der Waals surface area contributed by atoms with Gasteiger partial charge in [0.2, 0.25) is 0 Å². The topological polar surface area (TPSA) is 43.1 Å². The van der Waals surface area contributed by atoms with Crippen molar-refractivity contribution in [2.75, 3.05) is 0 Å². The molecule has 0 unspecified atom stereocenters. The summed E-state index contributed by atoms with van der Waals surface area (Å²) >= 11 is 0. The fourth-order valence-corrected chi connectivity index (χ4v) is 1.11. The van der Waals surface area contributed by atoms with Crippen LogP contribution in [0.1, 0.15) is 25.8 Å². The third-order valence-corrected chi connectivity index (χ3v) is 2.05. The lowest BCUT2D eigenvalue weighted by molar-refractivity contribution is -0.384. The number of benzene rings is 1. The quantitative estimate of drug-likeness (QED) is 0.542. The summed E-state index contributed by atoms with van der Waals surface area (Å²) in [5, 5.41) is 10.5. The minimum absolute atomic E-state index is 0.141. The Balaban J connectivity index is 3.00. The van der Waals surface area contributed by atoms with Crippen molar-refractivity contribution in [1.29, 1.82) is 0 Å². The Morgan fingerprint density at radius 2 is 2.29 bits per heavy atom. The summed E-state index contributed by atoms with van der Waals surface area (Å²) in [5.74, 6) is 0. The molecule has 0 aromatic heterocycles. The Hall–Kier alpha value is -1.64. The molecule has 0 aliphatic heterocycles. The third kappa shape index (κ3) is 2.69. The molecule has 1 aromatic rings. The largest absolute Gasteiger partial charge is 0.270 e. The van der Waals surface area contributed by atoms with Gasteiger partial charge in [0.1, 0.15) is 0 Å². The summed E-state index contributed by atoms with van der Waals surface area (Å²) in [7, 11) is 0. The summed E-state index contributed by atoms with van der Waals surface area (Å²) in [5.41, 5.74) is 2.24. The molecule has 0 radical (unpaired) electrons. The smallest absolute Gasteiger partial charge is 0.258 e. The van der Waals surface area contributed by atoms with Crippen LogP contribution in [0.4, 0.5) is 5.69 Å². The second kappa shape index (κ2) is 4.56. The molecule has 74 valence electrons. The summed E-state index contributed by atoms with van der Waals surface area (Å²) in [6, 6.07) is 6.65. The number of non-ortho nitro benzene ring substituents is 1. The maximum atomic E-state index is 10.5. The highest BCUT2D eigenvalue weighted by Gasteiger charge is 2.03. The molecule has 3 heteroatoms. The lowest BCUT2D eigenvalue weighted by Crippen LogP contribution is -1.87. The maximum absolute atomic E-state index is 10.5. The van der Waals surface area contributed by atoms with Gasteiger partial charge < -0.3 is 0 Å². The lowest BCUT2D eigenvalue weighted by Gasteiger charge is -1.97. The van der Waals surface area contributed by atoms with Crippen LogP contribution in [-0.2, 0) is 0 Å². The molecular formula is C11H13NO2. The zero-order valence-corrected chi connectivity index (χ0v) is 8.36. The first-order valence-electron chi connectivity index (χ1n) is 4.55. The Bertz CT molecular complexity index is 369. The average Bonchev–Trinajstić information content (AvgIpc) is 2.18. The van der Waals surface area contributed by atoms with E-state index in [0.717, 1.165) is 12.0 Å². The number of nitro groups is 1. The number of hydrogen-bond donors (Lipinski definition) is 0. The minimum atomic E-state index is -0.376. The van der Waals surface area contributed by atoms with Crippen molar-refractivity contribution in [2.24, 2.45) is 0 Å². The summed E-state index contributed by atoms with van der Waals surface area (Å²) in [4.78, 5) is 10.1. The predicted octanol–water partition coefficient (Wildman–Crippen LogP) is 3.41. The zero-order chi connectivity index (χ0) is 10.6. The van der Waals surface area contributed by atoms with E-state index in [1.54, 1.807) is 12.1 Å². The van der Waals surface area contributed by atoms with Crippen LogP contribution in [0.2, 0.25) is 0 Å². The molecule has 0 spiro atoms. The van der Waals surface area contributed by atoms with Crippen molar-refractivity contribution in [2.45, 2.75) is 20.3 Å². The van der Waals surface area contributed by atoms with E-state index in [0.29, 0.717) is 0 Å². The van der Waals surface area contributed by atoms with E-state index in [9.17, 15) is 10.1 Å². The fraction of sp³-hybridized carbons (Fsp3) is 0.273. The van der Waals surface area contributed by atoms with Gasteiger partial charge in [-0.15, -0.1) is 0 Å². The molecule has 1 aromatic carbocycles. The van der Waals surface area contributed by atoms with E-state index >= 15 is 0 Å². The monoisotopic (exact) mass is 191 g/mol. The van der Waals surface area contributed by atoms with Crippen LogP contribution in [0.25, 0.3) is 6.08 Å². The van der Waals surface area contributed by atoms with Gasteiger partial charge in [-0.25, -0.2) is 0 Å². The Morgan fingerprint density at radius 1 is 1.57 bits per heavy atom. The predicted molar refractivity (Wildman–Crippen MR) is 57.0 cm³/mol. The third-order valence-electron chi connectivity index (χ3n) is 2.05. The summed E-state index contributed by atoms with van der Waals surface area (Å²) in [6.45, 7) is 4.07. The molecule has 0 fully saturated rings. The van der Waals surface area contributed by atoms with Crippen LogP contribution in [0.5, 0.6) is 0 Å². The van der Waals surface area contributed by atoms with Gasteiger partial charge in [-0.1, -0.05) is 30.7 Å². The van der Waals surface area contributed by atoms with E-state index in [1.807, 2.05) is 19.1 Å². The number of hydrogen-bond acceptors (Lipinski definition) is 2. The summed E-state index contributed by atoms with van der Waals surface area (Å²) < 4.78 is 0. The number of allylic oxidation sites excluding steroid dienone is 1. The highest BCUT2D eigenvalue weighted by Crippen LogP contribution is 2.16. The van der Waals surface area contributed by atoms with Crippen LogP contribution in [0, 0.1) is 10.1 Å². The Morgan fingerprint density at radius 3 is 2.86 bits per heavy atom. The average molecular weight is 191 g/mol. The molecular weight excluding hydrogens is 178 g/mol. The van der Waals surface area contributed by atoms with E-state index in [4.69, 9.17) is 0 Å². The van der Waals surface area contributed by atoms with E-state index in [1.165, 1.54) is 11.6 Å². The molecule has 14 heavy (non-hydrogen) atoms. The Labute approximate surface area is 83.2 Å². The van der Waals surface area contributed by atoms with E-state index in [-0.39, 0.29) is 10.6 Å². The molecule has 0 atom stereocenters. The molecule has 0 heterocycles. The van der Waals surface area contributed by atoms with Crippen molar-refractivity contribution >= 4 is 11.8 Å². The standard InChI is InChI=1S/C11H13NO2/c1-3-9(2)7-10-5-4-6-11(8-10)12(13)14/h4-8H,3H2,1-2H3/b9-7+. The van der Waals surface area contributed by atoms with Crippen LogP contribution in [0.15, 0.2) is 29.8 Å². The van der Waals surface area contributed by atoms with Gasteiger partial charge in [0.15, 0.2) is 0 Å². The second-order valence-corrected chi connectivity index (χ2v) is 3.20. The van der Waals surface area contributed by atoms with Crippen LogP contribution < -0.4 is 0 Å². The normalized spacial score (nSPS) is 11.4. The fourth-order valence-electron chi connectivity index (χ4n) is 1.11. The SMILES string of the molecule is CC/C(C)=C/c1cccc([N+](=O)[O-])c1. The van der Waals surface area contributed by atoms with Gasteiger partial charge in [0.05, 0.1) is 4.92 Å². The lowest BCUT2D eigenvalue weighted by atomic mass is 10.1. The van der Waals surface area contributed by atoms with E-state index in [2.05, 4.69) is 6.92 Å². The second-order valence-electron chi connectivity index (χ2n) is 3.20. The minimum Gasteiger partial charge on any atom is -0.258 e. The molecule has 0 bridgehead atoms. The van der Waals surface area contributed by atoms with Gasteiger partial charge in [0, 0.05) is 12.1 Å². The zero-order valence-electron chi connectivity index (χ0n) is 8.36. The van der Waals surface area contributed by atoms with Gasteiger partial charge in [-0.2, -0.15) is 0 Å². The number of nitro benzene ring substituents is 1. The first-order valence-corrected chi connectivity index (χ1v) is 4.55. The van der Waals surface area contributed by atoms with Gasteiger partial charge >= 0.3 is 0 Å². The molecule has 1 rings (SSSR count). The van der Waals surface area contributed by atoms with Gasteiger partial charge in [-0.3, -0.25) is 10.1 Å². The molecule has 0 N–H and O–H groups in total. The first kappa shape index (κ1) is 10.4. The van der Waals surface area contributed by atoms with E-state index < -0.39 is 0 Å². The molecule has 0 amide bonds. The van der Waals surface area contributed by atoms with Crippen LogP contribution in [-0.4, -0.2) is 4.92 Å². The highest BCUT2D eigenvalue weighted by molar-refractivity contribution is 5.55. The van der Waals surface area contributed by atoms with Gasteiger partial charge in [0.25, 0.3) is 5.69 Å². The van der Waals surface area contributed by atoms with Crippen molar-refractivity contribution in [1.82, 2.24) is 0 Å². The maximum Gasteiger partial charge on any atom is 0.270 e. The van der Waals surface area contributed by atoms with Crippen LogP contribution in [0.3, 0.4) is 0 Å². The summed E-state index contributed by atoms with van der Waals surface area (Å²) in [6.07, 6.45) is 2.93. The Kier molecular flexibility index (Phi) is 3.40. The highest BCUT2D eigenvalue weighted by atomic mass is 16.6. The molecule has 0 saturated carbocycles. The first-order chi connectivity index (χ1) is 6.63. The molecule has 0 aliphatic rings. The van der Waals surface area contributed by atoms with Crippen molar-refractivity contribution in [3.05, 3.63) is 45.5 Å². The molecule has 0 aliphatic carbocycles. The van der Waals surface area contributed by atoms with Crippen molar-refractivity contribution in [3.8, 4) is 0 Å².